The van der Waals surface area contributed by atoms with E-state index >= 15 is 0 Å². The molecule has 0 unspecified atom stereocenters. The van der Waals surface area contributed by atoms with Gasteiger partial charge in [0.2, 0.25) is 10.0 Å². The van der Waals surface area contributed by atoms with Crippen LogP contribution in [-0.2, 0) is 23.6 Å². The molecule has 2 aromatic carbocycles. The van der Waals surface area contributed by atoms with Crippen molar-refractivity contribution in [2.75, 3.05) is 0 Å². The highest BCUT2D eigenvalue weighted by atomic mass is 32.2. The van der Waals surface area contributed by atoms with Gasteiger partial charge in [-0.1, -0.05) is 6.07 Å². The van der Waals surface area contributed by atoms with Crippen LogP contribution >= 0.6 is 0 Å². The summed E-state index contributed by atoms with van der Waals surface area (Å²) in [5.74, 6) is 0.656. The number of hydrogen-bond donors (Lipinski definition) is 1. The van der Waals surface area contributed by atoms with Gasteiger partial charge in [-0.2, -0.15) is 0 Å². The van der Waals surface area contributed by atoms with Crippen LogP contribution in [0.2, 0.25) is 0 Å². The average Bonchev–Trinajstić information content (AvgIpc) is 2.87. The minimum absolute atomic E-state index is 0.0483. The molecule has 0 saturated heterocycles. The maximum absolute atomic E-state index is 12.5. The number of sulfonamides is 1. The number of aromatic nitrogens is 1. The molecular formula is C20H24N2O3S. The highest BCUT2D eigenvalue weighted by Gasteiger charge is 2.14. The molecule has 3 aromatic rings. The summed E-state index contributed by atoms with van der Waals surface area (Å²) in [6.07, 6.45) is 0.0483. The molecule has 5 nitrogen and oxygen atoms in total. The molecule has 3 rings (SSSR count). The van der Waals surface area contributed by atoms with Crippen molar-refractivity contribution in [2.45, 2.75) is 38.3 Å². The van der Waals surface area contributed by atoms with Crippen LogP contribution in [0.4, 0.5) is 0 Å². The van der Waals surface area contributed by atoms with E-state index in [1.807, 2.05) is 39.1 Å². The molecule has 26 heavy (non-hydrogen) atoms. The molecule has 0 amide bonds. The minimum Gasteiger partial charge on any atom is -0.491 e. The predicted octanol–water partition coefficient (Wildman–Crippen LogP) is 3.75. The summed E-state index contributed by atoms with van der Waals surface area (Å²) in [6, 6.07) is 14.5. The second-order valence-corrected chi connectivity index (χ2v) is 8.47. The Hall–Kier alpha value is -2.31. The molecule has 0 radical (unpaired) electrons. The summed E-state index contributed by atoms with van der Waals surface area (Å²) < 4.78 is 35.3. The molecule has 1 N–H and O–H groups in total. The van der Waals surface area contributed by atoms with Crippen LogP contribution in [-0.4, -0.2) is 19.1 Å². The van der Waals surface area contributed by atoms with Gasteiger partial charge in [-0.05, 0) is 68.8 Å². The van der Waals surface area contributed by atoms with Gasteiger partial charge in [-0.25, -0.2) is 13.1 Å². The van der Waals surface area contributed by atoms with Crippen LogP contribution in [0.25, 0.3) is 10.9 Å². The van der Waals surface area contributed by atoms with E-state index in [-0.39, 0.29) is 17.5 Å². The van der Waals surface area contributed by atoms with E-state index in [9.17, 15) is 8.42 Å². The first-order valence-electron chi connectivity index (χ1n) is 8.57. The van der Waals surface area contributed by atoms with Crippen molar-refractivity contribution >= 4 is 20.9 Å². The zero-order chi connectivity index (χ0) is 18.9. The number of benzene rings is 2. The van der Waals surface area contributed by atoms with Crippen molar-refractivity contribution in [3.63, 3.8) is 0 Å². The minimum atomic E-state index is -3.57. The van der Waals surface area contributed by atoms with Crippen molar-refractivity contribution in [3.05, 3.63) is 59.8 Å². The Morgan fingerprint density at radius 2 is 1.77 bits per heavy atom. The largest absolute Gasteiger partial charge is 0.491 e. The summed E-state index contributed by atoms with van der Waals surface area (Å²) >= 11 is 0. The monoisotopic (exact) mass is 372 g/mol. The predicted molar refractivity (Wildman–Crippen MR) is 104 cm³/mol. The van der Waals surface area contributed by atoms with Crippen LogP contribution in [0.5, 0.6) is 5.75 Å². The molecule has 1 heterocycles. The molecule has 0 saturated carbocycles. The fraction of sp³-hybridized carbons (Fsp3) is 0.300. The first-order chi connectivity index (χ1) is 12.3. The van der Waals surface area contributed by atoms with Gasteiger partial charge in [0.15, 0.2) is 0 Å². The molecule has 0 atom stereocenters. The van der Waals surface area contributed by atoms with Gasteiger partial charge in [-0.3, -0.25) is 0 Å². The SMILES string of the molecule is Cc1cc2cc(CNS(=O)(=O)c3ccc(OC(C)C)cc3)ccc2n1C. The van der Waals surface area contributed by atoms with Crippen LogP contribution < -0.4 is 9.46 Å². The highest BCUT2D eigenvalue weighted by Crippen LogP contribution is 2.21. The van der Waals surface area contributed by atoms with Gasteiger partial charge in [-0.15, -0.1) is 0 Å². The number of aryl methyl sites for hydroxylation is 2. The normalized spacial score (nSPS) is 12.0. The Morgan fingerprint density at radius 1 is 1.08 bits per heavy atom. The zero-order valence-electron chi connectivity index (χ0n) is 15.5. The Bertz CT molecular complexity index is 1020. The molecule has 0 spiro atoms. The maximum Gasteiger partial charge on any atom is 0.240 e. The van der Waals surface area contributed by atoms with E-state index in [0.717, 1.165) is 16.5 Å². The Kier molecular flexibility index (Phi) is 5.07. The summed E-state index contributed by atoms with van der Waals surface area (Å²) in [5, 5.41) is 1.11. The van der Waals surface area contributed by atoms with Gasteiger partial charge in [0.05, 0.1) is 11.0 Å². The summed E-state index contributed by atoms with van der Waals surface area (Å²) in [4.78, 5) is 0.227. The fourth-order valence-corrected chi connectivity index (χ4v) is 3.90. The summed E-state index contributed by atoms with van der Waals surface area (Å²) in [7, 11) is -1.55. The number of nitrogens with one attached hydrogen (secondary N) is 1. The number of rotatable bonds is 6. The lowest BCUT2D eigenvalue weighted by molar-refractivity contribution is 0.242. The third kappa shape index (κ3) is 3.92. The topological polar surface area (TPSA) is 60.3 Å². The average molecular weight is 372 g/mol. The van der Waals surface area contributed by atoms with E-state index < -0.39 is 10.0 Å². The van der Waals surface area contributed by atoms with Crippen LogP contribution in [0.3, 0.4) is 0 Å². The van der Waals surface area contributed by atoms with E-state index in [1.165, 1.54) is 5.69 Å². The van der Waals surface area contributed by atoms with Crippen LogP contribution in [0.1, 0.15) is 25.1 Å². The van der Waals surface area contributed by atoms with Gasteiger partial charge in [0.25, 0.3) is 0 Å². The molecule has 0 aliphatic carbocycles. The van der Waals surface area contributed by atoms with E-state index in [0.29, 0.717) is 5.75 Å². The third-order valence-corrected chi connectivity index (χ3v) is 5.74. The van der Waals surface area contributed by atoms with Crippen molar-refractivity contribution in [3.8, 4) is 5.75 Å². The standard InChI is InChI=1S/C20H24N2O3S/c1-14(2)25-18-6-8-19(9-7-18)26(23,24)21-13-16-5-10-20-17(12-16)11-15(3)22(20)4/h5-12,14,21H,13H2,1-4H3. The van der Waals surface area contributed by atoms with Crippen molar-refractivity contribution in [1.29, 1.82) is 0 Å². The molecule has 0 aliphatic rings. The molecule has 1 aromatic heterocycles. The second kappa shape index (κ2) is 7.13. The Labute approximate surface area is 154 Å². The van der Waals surface area contributed by atoms with Crippen molar-refractivity contribution < 1.29 is 13.2 Å². The first kappa shape index (κ1) is 18.5. The van der Waals surface area contributed by atoms with Gasteiger partial charge >= 0.3 is 0 Å². The van der Waals surface area contributed by atoms with Crippen molar-refractivity contribution in [1.82, 2.24) is 9.29 Å². The highest BCUT2D eigenvalue weighted by molar-refractivity contribution is 7.89. The van der Waals surface area contributed by atoms with Gasteiger partial charge in [0, 0.05) is 30.2 Å². The van der Waals surface area contributed by atoms with Crippen LogP contribution in [0, 0.1) is 6.92 Å². The first-order valence-corrected chi connectivity index (χ1v) is 10.1. The number of hydrogen-bond acceptors (Lipinski definition) is 3. The molecule has 6 heteroatoms. The lowest BCUT2D eigenvalue weighted by atomic mass is 10.1. The van der Waals surface area contributed by atoms with Gasteiger partial charge in [0.1, 0.15) is 5.75 Å². The number of nitrogens with zero attached hydrogens (tertiary/aromatic N) is 1. The molecule has 0 fully saturated rings. The summed E-state index contributed by atoms with van der Waals surface area (Å²) in [5.41, 5.74) is 3.22. The molecule has 0 aliphatic heterocycles. The second-order valence-electron chi connectivity index (χ2n) is 6.70. The Balaban J connectivity index is 1.73. The molecular weight excluding hydrogens is 348 g/mol. The Morgan fingerprint density at radius 3 is 2.42 bits per heavy atom. The number of fused-ring (bicyclic) bond motifs is 1. The smallest absolute Gasteiger partial charge is 0.240 e. The molecule has 138 valence electrons. The lowest BCUT2D eigenvalue weighted by Gasteiger charge is -2.11. The van der Waals surface area contributed by atoms with Gasteiger partial charge < -0.3 is 9.30 Å². The van der Waals surface area contributed by atoms with E-state index in [2.05, 4.69) is 22.3 Å². The fourth-order valence-electron chi connectivity index (χ4n) is 2.88. The maximum atomic E-state index is 12.5. The van der Waals surface area contributed by atoms with E-state index in [1.54, 1.807) is 24.3 Å². The van der Waals surface area contributed by atoms with Crippen LogP contribution in [0.15, 0.2) is 53.4 Å². The number of ether oxygens (including phenoxy) is 1. The molecule has 0 bridgehead atoms. The summed E-state index contributed by atoms with van der Waals surface area (Å²) in [6.45, 7) is 6.15. The third-order valence-electron chi connectivity index (χ3n) is 4.32. The quantitative estimate of drug-likeness (QED) is 0.717. The van der Waals surface area contributed by atoms with E-state index in [4.69, 9.17) is 4.74 Å². The van der Waals surface area contributed by atoms with Crippen molar-refractivity contribution in [2.24, 2.45) is 7.05 Å². The lowest BCUT2D eigenvalue weighted by Crippen LogP contribution is -2.23. The zero-order valence-corrected chi connectivity index (χ0v) is 16.3.